The molecule has 11 nitrogen and oxygen atoms in total. The van der Waals surface area contributed by atoms with Crippen molar-refractivity contribution in [3.63, 3.8) is 0 Å². The number of amides is 1. The third kappa shape index (κ3) is 4.77. The number of methoxy groups -OCH3 is 2. The number of hydrogen-bond donors (Lipinski definition) is 1. The predicted octanol–water partition coefficient (Wildman–Crippen LogP) is 2.57. The first-order valence-electron chi connectivity index (χ1n) is 9.29. The molecular formula is C20H23N3O8. The summed E-state index contributed by atoms with van der Waals surface area (Å²) < 4.78 is 25.6. The van der Waals surface area contributed by atoms with Crippen LogP contribution in [0.1, 0.15) is 20.8 Å². The lowest BCUT2D eigenvalue weighted by atomic mass is 10.1. The highest BCUT2D eigenvalue weighted by Gasteiger charge is 2.32. The third-order valence-electron chi connectivity index (χ3n) is 4.22. The van der Waals surface area contributed by atoms with Crippen LogP contribution in [0.4, 0.5) is 16.3 Å². The number of anilines is 2. The molecule has 2 heterocycles. The van der Waals surface area contributed by atoms with Gasteiger partial charge in [0.15, 0.2) is 11.4 Å². The maximum absolute atomic E-state index is 12.5. The number of fused-ring (bicyclic) bond motifs is 1. The first kappa shape index (κ1) is 22.1. The van der Waals surface area contributed by atoms with Crippen molar-refractivity contribution in [1.82, 2.24) is 5.16 Å². The summed E-state index contributed by atoms with van der Waals surface area (Å²) in [5.74, 6) is -1.29. The third-order valence-corrected chi connectivity index (χ3v) is 4.22. The molecule has 1 aromatic heterocycles. The van der Waals surface area contributed by atoms with Gasteiger partial charge in [-0.2, -0.15) is 0 Å². The molecule has 1 aromatic carbocycles. The van der Waals surface area contributed by atoms with Crippen molar-refractivity contribution in [2.45, 2.75) is 26.4 Å². The van der Waals surface area contributed by atoms with E-state index in [1.807, 2.05) is 0 Å². The maximum Gasteiger partial charge on any atom is 0.413 e. The Balaban J connectivity index is 2.01. The number of ether oxygens (including phenoxy) is 4. The fourth-order valence-corrected chi connectivity index (χ4v) is 2.93. The average molecular weight is 433 g/mol. The van der Waals surface area contributed by atoms with Gasteiger partial charge in [-0.05, 0) is 39.0 Å². The van der Waals surface area contributed by atoms with Gasteiger partial charge in [-0.15, -0.1) is 0 Å². The molecule has 2 aromatic rings. The van der Waals surface area contributed by atoms with Crippen LogP contribution in [0.15, 0.2) is 34.0 Å². The van der Waals surface area contributed by atoms with E-state index in [-0.39, 0.29) is 30.4 Å². The molecule has 1 amide bonds. The second kappa shape index (κ2) is 8.64. The Morgan fingerprint density at radius 3 is 2.48 bits per heavy atom. The molecule has 0 saturated heterocycles. The molecular weight excluding hydrogens is 410 g/mol. The highest BCUT2D eigenvalue weighted by molar-refractivity contribution is 6.04. The second-order valence-electron chi connectivity index (χ2n) is 7.55. The van der Waals surface area contributed by atoms with Crippen LogP contribution in [0.2, 0.25) is 0 Å². The van der Waals surface area contributed by atoms with E-state index in [2.05, 4.69) is 10.5 Å². The van der Waals surface area contributed by atoms with Gasteiger partial charge in [0.25, 0.3) is 0 Å². The lowest BCUT2D eigenvalue weighted by molar-refractivity contribution is -0.140. The van der Waals surface area contributed by atoms with Crippen molar-refractivity contribution < 1.29 is 37.9 Å². The number of nitrogens with zero attached hydrogens (tertiary/aromatic N) is 2. The van der Waals surface area contributed by atoms with Gasteiger partial charge in [-0.1, -0.05) is 5.16 Å². The Bertz CT molecular complexity index is 1050. The van der Waals surface area contributed by atoms with Gasteiger partial charge in [0.1, 0.15) is 18.0 Å². The van der Waals surface area contributed by atoms with E-state index in [9.17, 15) is 14.4 Å². The molecule has 3 rings (SSSR count). The topological polar surface area (TPSA) is 129 Å². The van der Waals surface area contributed by atoms with Crippen LogP contribution in [0.25, 0.3) is 11.0 Å². The SMILES string of the molecule is COC(=O)C1=C(C(=O)OC)N(c2ccc3onc(NC(=O)OC(C)(C)C)c3c2)COC1. The Morgan fingerprint density at radius 2 is 1.84 bits per heavy atom. The van der Waals surface area contributed by atoms with E-state index in [0.717, 1.165) is 0 Å². The lowest BCUT2D eigenvalue weighted by Crippen LogP contribution is -2.38. The minimum absolute atomic E-state index is 0.00180. The molecule has 0 fully saturated rings. The van der Waals surface area contributed by atoms with Gasteiger partial charge < -0.3 is 28.4 Å². The van der Waals surface area contributed by atoms with E-state index in [1.54, 1.807) is 39.0 Å². The molecule has 0 unspecified atom stereocenters. The van der Waals surface area contributed by atoms with Crippen LogP contribution in [0, 0.1) is 0 Å². The molecule has 0 aliphatic carbocycles. The highest BCUT2D eigenvalue weighted by Crippen LogP contribution is 2.32. The number of rotatable bonds is 4. The van der Waals surface area contributed by atoms with Crippen molar-refractivity contribution in [1.29, 1.82) is 0 Å². The average Bonchev–Trinajstić information content (AvgIpc) is 3.12. The van der Waals surface area contributed by atoms with Gasteiger partial charge in [0.05, 0.1) is 31.8 Å². The van der Waals surface area contributed by atoms with E-state index >= 15 is 0 Å². The smallest absolute Gasteiger partial charge is 0.413 e. The van der Waals surface area contributed by atoms with Gasteiger partial charge in [0.2, 0.25) is 0 Å². The summed E-state index contributed by atoms with van der Waals surface area (Å²) in [6.45, 7) is 5.09. The molecule has 1 aliphatic rings. The van der Waals surface area contributed by atoms with Crippen LogP contribution < -0.4 is 10.2 Å². The monoisotopic (exact) mass is 433 g/mol. The van der Waals surface area contributed by atoms with Crippen LogP contribution in [-0.2, 0) is 28.5 Å². The number of carbonyl (C=O) groups is 3. The maximum atomic E-state index is 12.5. The van der Waals surface area contributed by atoms with Gasteiger partial charge >= 0.3 is 18.0 Å². The molecule has 1 N–H and O–H groups in total. The molecule has 0 saturated carbocycles. The van der Waals surface area contributed by atoms with Crippen LogP contribution in [0.3, 0.4) is 0 Å². The summed E-state index contributed by atoms with van der Waals surface area (Å²) in [6.07, 6.45) is -0.697. The number of aromatic nitrogens is 1. The minimum atomic E-state index is -0.721. The molecule has 0 bridgehead atoms. The minimum Gasteiger partial charge on any atom is -0.466 e. The zero-order valence-corrected chi connectivity index (χ0v) is 17.8. The van der Waals surface area contributed by atoms with Crippen molar-refractivity contribution in [3.05, 3.63) is 29.5 Å². The largest absolute Gasteiger partial charge is 0.466 e. The summed E-state index contributed by atoms with van der Waals surface area (Å²) in [5.41, 5.74) is 0.204. The summed E-state index contributed by atoms with van der Waals surface area (Å²) in [4.78, 5) is 38.2. The van der Waals surface area contributed by atoms with Crippen molar-refractivity contribution >= 4 is 40.5 Å². The van der Waals surface area contributed by atoms with E-state index in [0.29, 0.717) is 16.7 Å². The number of benzene rings is 1. The summed E-state index contributed by atoms with van der Waals surface area (Å²) in [5, 5.41) is 6.86. The Hall–Kier alpha value is -3.60. The number of hydrogen-bond acceptors (Lipinski definition) is 10. The van der Waals surface area contributed by atoms with Crippen molar-refractivity contribution in [3.8, 4) is 0 Å². The Morgan fingerprint density at radius 1 is 1.13 bits per heavy atom. The Labute approximate surface area is 177 Å². The molecule has 166 valence electrons. The van der Waals surface area contributed by atoms with Crippen LogP contribution >= 0.6 is 0 Å². The predicted molar refractivity (Wildman–Crippen MR) is 108 cm³/mol. The van der Waals surface area contributed by atoms with E-state index in [4.69, 9.17) is 23.5 Å². The van der Waals surface area contributed by atoms with Crippen molar-refractivity contribution in [2.75, 3.05) is 37.8 Å². The molecule has 0 radical (unpaired) electrons. The fraction of sp³-hybridized carbons (Fsp3) is 0.400. The van der Waals surface area contributed by atoms with E-state index in [1.165, 1.54) is 19.1 Å². The van der Waals surface area contributed by atoms with Crippen LogP contribution in [0.5, 0.6) is 0 Å². The van der Waals surface area contributed by atoms with Crippen molar-refractivity contribution in [2.24, 2.45) is 0 Å². The molecule has 31 heavy (non-hydrogen) atoms. The normalized spacial score (nSPS) is 14.4. The number of nitrogens with one attached hydrogen (secondary N) is 1. The summed E-state index contributed by atoms with van der Waals surface area (Å²) in [7, 11) is 2.42. The van der Waals surface area contributed by atoms with Gasteiger partial charge in [-0.3, -0.25) is 5.32 Å². The molecule has 0 atom stereocenters. The zero-order chi connectivity index (χ0) is 22.8. The zero-order valence-electron chi connectivity index (χ0n) is 17.8. The van der Waals surface area contributed by atoms with Crippen LogP contribution in [-0.4, -0.2) is 56.3 Å². The molecule has 1 aliphatic heterocycles. The van der Waals surface area contributed by atoms with Gasteiger partial charge in [0, 0.05) is 5.69 Å². The quantitative estimate of drug-likeness (QED) is 0.567. The Kier molecular flexibility index (Phi) is 6.16. The first-order chi connectivity index (χ1) is 14.6. The number of esters is 2. The number of carbonyl (C=O) groups excluding carboxylic acids is 3. The molecule has 0 spiro atoms. The summed E-state index contributed by atoms with van der Waals surface area (Å²) in [6, 6.07) is 4.89. The fourth-order valence-electron chi connectivity index (χ4n) is 2.93. The standard InChI is InChI=1S/C20H23N3O8/c1-20(2,3)30-19(26)21-16-12-8-11(6-7-14(12)31-22-16)23-10-29-9-13(17(24)27-4)15(23)18(25)28-5/h6-8H,9-10H2,1-5H3,(H,21,22,26). The summed E-state index contributed by atoms with van der Waals surface area (Å²) >= 11 is 0. The van der Waals surface area contributed by atoms with Gasteiger partial charge in [-0.25, -0.2) is 14.4 Å². The second-order valence-corrected chi connectivity index (χ2v) is 7.55. The first-order valence-corrected chi connectivity index (χ1v) is 9.29. The van der Waals surface area contributed by atoms with E-state index < -0.39 is 23.6 Å². The lowest BCUT2D eigenvalue weighted by Gasteiger charge is -2.31. The molecule has 11 heteroatoms. The highest BCUT2D eigenvalue weighted by atomic mass is 16.6.